The molecule has 0 spiro atoms. The number of anilines is 2. The number of fused-ring (bicyclic) bond motifs is 1. The molecule has 0 bridgehead atoms. The van der Waals surface area contributed by atoms with Crippen LogP contribution in [0.5, 0.6) is 5.75 Å². The molecule has 35 heavy (non-hydrogen) atoms. The number of methoxy groups -OCH3 is 1. The summed E-state index contributed by atoms with van der Waals surface area (Å²) >= 11 is 10.5. The standard InChI is InChI=1S/C22H20N6O5S2/c1-32-20(31)15(9-23)17-14-6-5-13(8-16(14)25-18(17)19(29)30)33-10-24-11-3-2-4-12(7-11)28-21(34)26-27-22(28)35/h2-8,15,17-18,24-25H,10H2,1H3,(H,26,34)(H,27,35)(H,29,30). The molecule has 0 radical (unpaired) electrons. The number of benzene rings is 2. The largest absolute Gasteiger partial charge is 0.480 e. The molecular weight excluding hydrogens is 492 g/mol. The first-order chi connectivity index (χ1) is 16.8. The van der Waals surface area contributed by atoms with E-state index in [0.29, 0.717) is 26.5 Å². The highest BCUT2D eigenvalue weighted by Gasteiger charge is 2.45. The van der Waals surface area contributed by atoms with Crippen molar-refractivity contribution in [3.8, 4) is 17.5 Å². The van der Waals surface area contributed by atoms with Gasteiger partial charge in [0.25, 0.3) is 0 Å². The highest BCUT2D eigenvalue weighted by molar-refractivity contribution is 7.72. The van der Waals surface area contributed by atoms with Crippen LogP contribution in [0.2, 0.25) is 0 Å². The molecule has 0 fully saturated rings. The number of hydrogen-bond acceptors (Lipinski definition) is 9. The minimum Gasteiger partial charge on any atom is -0.480 e. The number of carboxylic acid groups (broad SMARTS) is 1. The Balaban J connectivity index is 1.48. The van der Waals surface area contributed by atoms with E-state index in [0.717, 1.165) is 18.5 Å². The van der Waals surface area contributed by atoms with Gasteiger partial charge in [0.15, 0.2) is 22.2 Å². The van der Waals surface area contributed by atoms with E-state index in [1.165, 1.54) is 0 Å². The molecule has 2 heterocycles. The summed E-state index contributed by atoms with van der Waals surface area (Å²) < 4.78 is 13.0. The first kappa shape index (κ1) is 24.0. The van der Waals surface area contributed by atoms with Gasteiger partial charge in [-0.05, 0) is 54.3 Å². The quantitative estimate of drug-likeness (QED) is 0.172. The summed E-state index contributed by atoms with van der Waals surface area (Å²) in [6.45, 7) is 0.113. The Labute approximate surface area is 209 Å². The van der Waals surface area contributed by atoms with Gasteiger partial charge in [-0.2, -0.15) is 5.26 Å². The molecule has 1 aliphatic heterocycles. The predicted molar refractivity (Wildman–Crippen MR) is 131 cm³/mol. The van der Waals surface area contributed by atoms with Crippen molar-refractivity contribution < 1.29 is 24.2 Å². The van der Waals surface area contributed by atoms with Crippen molar-refractivity contribution in [2.75, 3.05) is 24.5 Å². The van der Waals surface area contributed by atoms with E-state index in [-0.39, 0.29) is 6.73 Å². The Bertz CT molecular complexity index is 1410. The van der Waals surface area contributed by atoms with Crippen molar-refractivity contribution in [3.05, 3.63) is 57.6 Å². The Kier molecular flexibility index (Phi) is 6.85. The van der Waals surface area contributed by atoms with Gasteiger partial charge in [0, 0.05) is 23.4 Å². The molecular formula is C22H20N6O5S2. The molecule has 0 aliphatic carbocycles. The van der Waals surface area contributed by atoms with Crippen LogP contribution in [0.1, 0.15) is 11.5 Å². The number of hydrogen-bond donors (Lipinski definition) is 5. The average molecular weight is 513 g/mol. The number of carboxylic acids is 1. The Morgan fingerprint density at radius 3 is 2.63 bits per heavy atom. The molecule has 13 heteroatoms. The maximum atomic E-state index is 12.1. The second kappa shape index (κ2) is 10.00. The van der Waals surface area contributed by atoms with E-state index >= 15 is 0 Å². The first-order valence-electron chi connectivity index (χ1n) is 10.3. The van der Waals surface area contributed by atoms with Gasteiger partial charge in [-0.3, -0.25) is 19.6 Å². The Morgan fingerprint density at radius 1 is 1.23 bits per heavy atom. The second-order valence-electron chi connectivity index (χ2n) is 7.58. The van der Waals surface area contributed by atoms with E-state index in [1.807, 2.05) is 30.3 Å². The van der Waals surface area contributed by atoms with Crippen LogP contribution in [0.3, 0.4) is 0 Å². The predicted octanol–water partition coefficient (Wildman–Crippen LogP) is 3.32. The summed E-state index contributed by atoms with van der Waals surface area (Å²) in [7, 11) is 1.16. The average Bonchev–Trinajstić information content (AvgIpc) is 3.39. The van der Waals surface area contributed by atoms with E-state index in [1.54, 1.807) is 22.8 Å². The lowest BCUT2D eigenvalue weighted by molar-refractivity contribution is -0.145. The van der Waals surface area contributed by atoms with Crippen LogP contribution >= 0.6 is 24.4 Å². The molecule has 1 aromatic heterocycles. The van der Waals surface area contributed by atoms with Gasteiger partial charge in [0.1, 0.15) is 11.8 Å². The van der Waals surface area contributed by atoms with E-state index < -0.39 is 29.8 Å². The molecule has 2 aromatic carbocycles. The third-order valence-corrected chi connectivity index (χ3v) is 6.14. The molecule has 11 nitrogen and oxygen atoms in total. The number of nitrogens with zero attached hydrogens (tertiary/aromatic N) is 2. The summed E-state index contributed by atoms with van der Waals surface area (Å²) in [5.74, 6) is -3.67. The molecule has 0 saturated heterocycles. The van der Waals surface area contributed by atoms with E-state index in [9.17, 15) is 20.0 Å². The van der Waals surface area contributed by atoms with Crippen LogP contribution in [-0.4, -0.2) is 51.7 Å². The number of H-pyrrole nitrogens is 2. The number of esters is 1. The van der Waals surface area contributed by atoms with Crippen molar-refractivity contribution in [3.63, 3.8) is 0 Å². The molecule has 0 saturated carbocycles. The number of carbonyl (C=O) groups excluding carboxylic acids is 1. The maximum Gasteiger partial charge on any atom is 0.326 e. The number of aromatic amines is 2. The van der Waals surface area contributed by atoms with Crippen molar-refractivity contribution >= 4 is 47.7 Å². The monoisotopic (exact) mass is 512 g/mol. The lowest BCUT2D eigenvalue weighted by Crippen LogP contribution is -2.36. The minimum atomic E-state index is -1.27. The minimum absolute atomic E-state index is 0.113. The molecule has 3 atom stereocenters. The third kappa shape index (κ3) is 4.75. The zero-order valence-electron chi connectivity index (χ0n) is 18.3. The fourth-order valence-corrected chi connectivity index (χ4v) is 4.53. The molecule has 1 aliphatic rings. The van der Waals surface area contributed by atoms with Gasteiger partial charge >= 0.3 is 11.9 Å². The number of nitrogens with one attached hydrogen (secondary N) is 4. The number of aromatic nitrogens is 3. The van der Waals surface area contributed by atoms with Crippen LogP contribution in [0.15, 0.2) is 42.5 Å². The van der Waals surface area contributed by atoms with Crippen molar-refractivity contribution in [1.82, 2.24) is 14.8 Å². The number of carbonyl (C=O) groups is 2. The molecule has 3 aromatic rings. The van der Waals surface area contributed by atoms with Gasteiger partial charge in [-0.15, -0.1) is 0 Å². The number of ether oxygens (including phenoxy) is 2. The van der Waals surface area contributed by atoms with Gasteiger partial charge in [-0.1, -0.05) is 12.1 Å². The summed E-state index contributed by atoms with van der Waals surface area (Å²) in [6.07, 6.45) is 0. The topological polar surface area (TPSA) is 157 Å². The fraction of sp³-hybridized carbons (Fsp3) is 0.227. The van der Waals surface area contributed by atoms with Crippen molar-refractivity contribution in [2.24, 2.45) is 5.92 Å². The maximum absolute atomic E-state index is 12.1. The lowest BCUT2D eigenvalue weighted by atomic mass is 9.83. The van der Waals surface area contributed by atoms with Crippen LogP contribution in [0.4, 0.5) is 11.4 Å². The molecule has 3 unspecified atom stereocenters. The van der Waals surface area contributed by atoms with Gasteiger partial charge in [-0.25, -0.2) is 4.79 Å². The van der Waals surface area contributed by atoms with Gasteiger partial charge in [0.2, 0.25) is 0 Å². The number of nitriles is 1. The van der Waals surface area contributed by atoms with Crippen LogP contribution < -0.4 is 15.4 Å². The lowest BCUT2D eigenvalue weighted by Gasteiger charge is -2.19. The molecule has 4 rings (SSSR count). The van der Waals surface area contributed by atoms with Crippen molar-refractivity contribution in [1.29, 1.82) is 5.26 Å². The zero-order chi connectivity index (χ0) is 25.1. The van der Waals surface area contributed by atoms with Crippen molar-refractivity contribution in [2.45, 2.75) is 12.0 Å². The fourth-order valence-electron chi connectivity index (χ4n) is 3.97. The van der Waals surface area contributed by atoms with Crippen LogP contribution in [0, 0.1) is 26.8 Å². The first-order valence-corrected chi connectivity index (χ1v) is 11.1. The number of rotatable bonds is 8. The van der Waals surface area contributed by atoms with E-state index in [4.69, 9.17) is 33.9 Å². The summed E-state index contributed by atoms with van der Waals surface area (Å²) in [4.78, 5) is 23.9. The third-order valence-electron chi connectivity index (χ3n) is 5.58. The highest BCUT2D eigenvalue weighted by Crippen LogP contribution is 2.42. The zero-order valence-corrected chi connectivity index (χ0v) is 19.9. The highest BCUT2D eigenvalue weighted by atomic mass is 32.1. The van der Waals surface area contributed by atoms with E-state index in [2.05, 4.69) is 20.8 Å². The van der Waals surface area contributed by atoms with Crippen LogP contribution in [-0.2, 0) is 14.3 Å². The van der Waals surface area contributed by atoms with Gasteiger partial charge < -0.3 is 25.2 Å². The summed E-state index contributed by atoms with van der Waals surface area (Å²) in [6, 6.07) is 13.1. The second-order valence-corrected chi connectivity index (χ2v) is 8.35. The Morgan fingerprint density at radius 2 is 1.97 bits per heavy atom. The smallest absolute Gasteiger partial charge is 0.326 e. The van der Waals surface area contributed by atoms with Gasteiger partial charge in [0.05, 0.1) is 18.9 Å². The number of aliphatic carboxylic acids is 1. The SMILES string of the molecule is COC(=O)C(C#N)C1c2ccc(OCNc3cccc(-n4c(=S)[nH][nH]c4=S)c3)cc2NC1C(=O)O. The van der Waals surface area contributed by atoms with Crippen LogP contribution in [0.25, 0.3) is 5.69 Å². The normalized spacial score (nSPS) is 16.9. The summed E-state index contributed by atoms with van der Waals surface area (Å²) in [5.41, 5.74) is 2.54. The molecule has 180 valence electrons. The summed E-state index contributed by atoms with van der Waals surface area (Å²) in [5, 5.41) is 30.7. The Hall–Kier alpha value is -4.15. The molecule has 5 N–H and O–H groups in total. The molecule has 0 amide bonds.